The van der Waals surface area contributed by atoms with E-state index in [4.69, 9.17) is 5.73 Å². The van der Waals surface area contributed by atoms with Gasteiger partial charge in [-0.15, -0.1) is 0 Å². The first-order valence-electron chi connectivity index (χ1n) is 5.29. The fourth-order valence-electron chi connectivity index (χ4n) is 1.69. The van der Waals surface area contributed by atoms with Crippen molar-refractivity contribution in [2.45, 2.75) is 26.8 Å². The van der Waals surface area contributed by atoms with Gasteiger partial charge >= 0.3 is 0 Å². The molecule has 1 unspecified atom stereocenters. The van der Waals surface area contributed by atoms with Crippen LogP contribution in [-0.4, -0.2) is 9.38 Å². The molecule has 0 aliphatic rings. The van der Waals surface area contributed by atoms with Crippen molar-refractivity contribution in [2.24, 2.45) is 11.7 Å². The second kappa shape index (κ2) is 3.66. The van der Waals surface area contributed by atoms with Crippen molar-refractivity contribution >= 4 is 5.65 Å². The van der Waals surface area contributed by atoms with E-state index in [1.807, 2.05) is 12.4 Å². The molecule has 0 aromatic carbocycles. The number of hydrogen-bond donors (Lipinski definition) is 1. The molecule has 2 heterocycles. The lowest BCUT2D eigenvalue weighted by molar-refractivity contribution is 0.500. The number of hydrogen-bond acceptors (Lipinski definition) is 2. The molecule has 2 aromatic rings. The molecule has 3 heteroatoms. The molecule has 0 radical (unpaired) electrons. The summed E-state index contributed by atoms with van der Waals surface area (Å²) in [6.45, 7) is 6.31. The summed E-state index contributed by atoms with van der Waals surface area (Å²) in [7, 11) is 0. The van der Waals surface area contributed by atoms with Crippen LogP contribution in [0.1, 0.15) is 31.1 Å². The number of nitrogens with two attached hydrogens (primary N) is 1. The summed E-state index contributed by atoms with van der Waals surface area (Å²) in [6.07, 6.45) is 3.91. The van der Waals surface area contributed by atoms with Crippen LogP contribution in [0.3, 0.4) is 0 Å². The average Bonchev–Trinajstić information content (AvgIpc) is 2.59. The van der Waals surface area contributed by atoms with E-state index in [0.717, 1.165) is 11.3 Å². The Hall–Kier alpha value is -1.35. The Morgan fingerprint density at radius 3 is 2.80 bits per heavy atom. The van der Waals surface area contributed by atoms with Crippen molar-refractivity contribution in [1.29, 1.82) is 0 Å². The number of pyridine rings is 1. The van der Waals surface area contributed by atoms with Crippen molar-refractivity contribution in [3.05, 3.63) is 35.8 Å². The van der Waals surface area contributed by atoms with Crippen LogP contribution in [0.5, 0.6) is 0 Å². The fraction of sp³-hybridized carbons (Fsp3) is 0.417. The average molecular weight is 203 g/mol. The summed E-state index contributed by atoms with van der Waals surface area (Å²) in [5, 5.41) is 0. The molecular weight excluding hydrogens is 186 g/mol. The molecule has 2 aromatic heterocycles. The van der Waals surface area contributed by atoms with Crippen molar-refractivity contribution in [3.8, 4) is 0 Å². The first kappa shape index (κ1) is 10.2. The zero-order valence-electron chi connectivity index (χ0n) is 9.44. The molecule has 1 atom stereocenters. The zero-order chi connectivity index (χ0) is 11.0. The zero-order valence-corrected chi connectivity index (χ0v) is 9.44. The molecule has 0 amide bonds. The van der Waals surface area contributed by atoms with E-state index >= 15 is 0 Å². The van der Waals surface area contributed by atoms with E-state index in [9.17, 15) is 0 Å². The van der Waals surface area contributed by atoms with Crippen LogP contribution in [-0.2, 0) is 0 Å². The van der Waals surface area contributed by atoms with Crippen LogP contribution in [0.2, 0.25) is 0 Å². The van der Waals surface area contributed by atoms with Crippen LogP contribution in [0.25, 0.3) is 5.65 Å². The highest BCUT2D eigenvalue weighted by molar-refractivity contribution is 5.43. The highest BCUT2D eigenvalue weighted by atomic mass is 15.0. The van der Waals surface area contributed by atoms with Crippen molar-refractivity contribution in [2.75, 3.05) is 0 Å². The van der Waals surface area contributed by atoms with Gasteiger partial charge in [0.25, 0.3) is 0 Å². The van der Waals surface area contributed by atoms with Gasteiger partial charge in [0.1, 0.15) is 5.65 Å². The van der Waals surface area contributed by atoms with E-state index in [-0.39, 0.29) is 6.04 Å². The van der Waals surface area contributed by atoms with E-state index in [1.165, 1.54) is 5.56 Å². The van der Waals surface area contributed by atoms with E-state index in [2.05, 4.69) is 42.3 Å². The summed E-state index contributed by atoms with van der Waals surface area (Å²) >= 11 is 0. The molecule has 0 saturated carbocycles. The Kier molecular flexibility index (Phi) is 2.49. The first-order chi connectivity index (χ1) is 7.09. The molecule has 0 aliphatic carbocycles. The minimum Gasteiger partial charge on any atom is -0.322 e. The number of aromatic nitrogens is 2. The normalized spacial score (nSPS) is 13.7. The quantitative estimate of drug-likeness (QED) is 0.813. The van der Waals surface area contributed by atoms with Gasteiger partial charge in [-0.25, -0.2) is 4.98 Å². The monoisotopic (exact) mass is 203 g/mol. The SMILES string of the molecule is Cc1ccn2c(C(N)C(C)C)cnc2c1. The van der Waals surface area contributed by atoms with Crippen LogP contribution in [0.15, 0.2) is 24.5 Å². The van der Waals surface area contributed by atoms with Gasteiger partial charge in [0.05, 0.1) is 11.9 Å². The second-order valence-electron chi connectivity index (χ2n) is 4.39. The van der Waals surface area contributed by atoms with Crippen molar-refractivity contribution in [1.82, 2.24) is 9.38 Å². The Labute approximate surface area is 89.9 Å². The number of aryl methyl sites for hydroxylation is 1. The summed E-state index contributed by atoms with van der Waals surface area (Å²) in [4.78, 5) is 4.37. The summed E-state index contributed by atoms with van der Waals surface area (Å²) < 4.78 is 2.07. The molecule has 2 rings (SSSR count). The van der Waals surface area contributed by atoms with E-state index in [0.29, 0.717) is 5.92 Å². The van der Waals surface area contributed by atoms with Gasteiger partial charge < -0.3 is 10.1 Å². The predicted molar refractivity (Wildman–Crippen MR) is 61.7 cm³/mol. The largest absolute Gasteiger partial charge is 0.322 e. The highest BCUT2D eigenvalue weighted by Gasteiger charge is 2.14. The van der Waals surface area contributed by atoms with Crippen molar-refractivity contribution < 1.29 is 0 Å². The molecule has 0 bridgehead atoms. The van der Waals surface area contributed by atoms with Crippen LogP contribution < -0.4 is 5.73 Å². The Balaban J connectivity index is 2.54. The molecule has 2 N–H and O–H groups in total. The molecule has 0 aliphatic heterocycles. The maximum absolute atomic E-state index is 6.13. The molecule has 3 nitrogen and oxygen atoms in total. The molecule has 0 saturated heterocycles. The lowest BCUT2D eigenvalue weighted by Gasteiger charge is -2.14. The molecule has 15 heavy (non-hydrogen) atoms. The van der Waals surface area contributed by atoms with Gasteiger partial charge in [0, 0.05) is 12.2 Å². The summed E-state index contributed by atoms with van der Waals surface area (Å²) in [5.41, 5.74) is 9.40. The Bertz CT molecular complexity index is 471. The van der Waals surface area contributed by atoms with E-state index < -0.39 is 0 Å². The molecular formula is C12H17N3. The lowest BCUT2D eigenvalue weighted by atomic mass is 10.0. The number of nitrogens with zero attached hydrogens (tertiary/aromatic N) is 2. The van der Waals surface area contributed by atoms with Gasteiger partial charge in [-0.3, -0.25) is 0 Å². The minimum absolute atomic E-state index is 0.0442. The third kappa shape index (κ3) is 1.75. The van der Waals surface area contributed by atoms with Crippen LogP contribution in [0, 0.1) is 12.8 Å². The molecule has 0 spiro atoms. The molecule has 80 valence electrons. The Morgan fingerprint density at radius 2 is 2.13 bits per heavy atom. The minimum atomic E-state index is 0.0442. The lowest BCUT2D eigenvalue weighted by Crippen LogP contribution is -2.18. The van der Waals surface area contributed by atoms with Crippen LogP contribution in [0.4, 0.5) is 0 Å². The maximum atomic E-state index is 6.13. The predicted octanol–water partition coefficient (Wildman–Crippen LogP) is 2.30. The fourth-order valence-corrected chi connectivity index (χ4v) is 1.69. The number of imidazole rings is 1. The summed E-state index contributed by atoms with van der Waals surface area (Å²) in [5.74, 6) is 0.422. The smallest absolute Gasteiger partial charge is 0.137 e. The van der Waals surface area contributed by atoms with Gasteiger partial charge in [-0.2, -0.15) is 0 Å². The maximum Gasteiger partial charge on any atom is 0.137 e. The third-order valence-electron chi connectivity index (χ3n) is 2.76. The van der Waals surface area contributed by atoms with Crippen molar-refractivity contribution in [3.63, 3.8) is 0 Å². The van der Waals surface area contributed by atoms with Gasteiger partial charge in [-0.05, 0) is 30.5 Å². The van der Waals surface area contributed by atoms with Gasteiger partial charge in [0.2, 0.25) is 0 Å². The Morgan fingerprint density at radius 1 is 1.40 bits per heavy atom. The molecule has 0 fully saturated rings. The first-order valence-corrected chi connectivity index (χ1v) is 5.29. The number of fused-ring (bicyclic) bond motifs is 1. The summed E-state index contributed by atoms with van der Waals surface area (Å²) in [6, 6.07) is 4.18. The highest BCUT2D eigenvalue weighted by Crippen LogP contribution is 2.20. The van der Waals surface area contributed by atoms with Gasteiger partial charge in [-0.1, -0.05) is 13.8 Å². The third-order valence-corrected chi connectivity index (χ3v) is 2.76. The van der Waals surface area contributed by atoms with Crippen LogP contribution >= 0.6 is 0 Å². The topological polar surface area (TPSA) is 43.3 Å². The standard InChI is InChI=1S/C12H17N3/c1-8(2)12(13)10-7-14-11-6-9(3)4-5-15(10)11/h4-8,12H,13H2,1-3H3. The van der Waals surface area contributed by atoms with E-state index in [1.54, 1.807) is 0 Å². The second-order valence-corrected chi connectivity index (χ2v) is 4.39. The van der Waals surface area contributed by atoms with Gasteiger partial charge in [0.15, 0.2) is 0 Å². The number of rotatable bonds is 2.